The minimum Gasteiger partial charge on any atom is -0.473 e. The molecule has 0 unspecified atom stereocenters. The Balaban J connectivity index is 1.41. The highest BCUT2D eigenvalue weighted by molar-refractivity contribution is 9.10. The van der Waals surface area contributed by atoms with Gasteiger partial charge in [0.15, 0.2) is 0 Å². The van der Waals surface area contributed by atoms with E-state index in [1.54, 1.807) is 6.20 Å². The van der Waals surface area contributed by atoms with E-state index in [4.69, 9.17) is 4.74 Å². The molecule has 2 heterocycles. The van der Waals surface area contributed by atoms with Crippen molar-refractivity contribution < 1.29 is 9.53 Å². The predicted octanol–water partition coefficient (Wildman–Crippen LogP) is 3.89. The first-order chi connectivity index (χ1) is 11.2. The van der Waals surface area contributed by atoms with Gasteiger partial charge in [-0.05, 0) is 40.9 Å². The lowest BCUT2D eigenvalue weighted by atomic mass is 10.1. The molecule has 2 aliphatic rings. The van der Waals surface area contributed by atoms with Crippen LogP contribution in [0.3, 0.4) is 0 Å². The highest BCUT2D eigenvalue weighted by Gasteiger charge is 2.25. The normalized spacial score (nSPS) is 20.0. The van der Waals surface area contributed by atoms with Crippen molar-refractivity contribution in [2.75, 3.05) is 18.8 Å². The molecule has 1 aliphatic carbocycles. The number of thioether (sulfide) groups is 1. The molecule has 1 saturated carbocycles. The second-order valence-corrected chi connectivity index (χ2v) is 8.35. The molecule has 0 radical (unpaired) electrons. The van der Waals surface area contributed by atoms with Crippen LogP contribution in [0.2, 0.25) is 0 Å². The molecule has 1 aromatic rings. The minimum atomic E-state index is 0.146. The smallest absolute Gasteiger partial charge is 0.232 e. The molecule has 1 saturated heterocycles. The Morgan fingerprint density at radius 1 is 1.30 bits per heavy atom. The molecule has 1 aromatic heterocycles. The van der Waals surface area contributed by atoms with Crippen LogP contribution in [-0.2, 0) is 4.79 Å². The van der Waals surface area contributed by atoms with E-state index in [1.807, 2.05) is 28.8 Å². The lowest BCUT2D eigenvalue weighted by Gasteiger charge is -2.32. The number of likely N-dealkylation sites (tertiary alicyclic amines) is 1. The van der Waals surface area contributed by atoms with Crippen LogP contribution in [-0.4, -0.2) is 46.0 Å². The fourth-order valence-electron chi connectivity index (χ4n) is 3.17. The van der Waals surface area contributed by atoms with Gasteiger partial charge in [0.05, 0.1) is 10.2 Å². The number of nitrogens with zero attached hydrogens (tertiary/aromatic N) is 2. The Morgan fingerprint density at radius 3 is 2.74 bits per heavy atom. The number of rotatable bonds is 5. The van der Waals surface area contributed by atoms with Gasteiger partial charge in [-0.2, -0.15) is 0 Å². The van der Waals surface area contributed by atoms with E-state index >= 15 is 0 Å². The molecule has 2 fully saturated rings. The van der Waals surface area contributed by atoms with Gasteiger partial charge in [0.2, 0.25) is 11.8 Å². The zero-order valence-electron chi connectivity index (χ0n) is 13.2. The zero-order chi connectivity index (χ0) is 16.1. The summed E-state index contributed by atoms with van der Waals surface area (Å²) in [6.07, 6.45) is 8.87. The summed E-state index contributed by atoms with van der Waals surface area (Å²) in [6, 6.07) is 3.81. The van der Waals surface area contributed by atoms with Crippen molar-refractivity contribution in [2.45, 2.75) is 49.9 Å². The number of piperidine rings is 1. The molecule has 126 valence electrons. The Kier molecular flexibility index (Phi) is 6.22. The molecule has 0 aromatic carbocycles. The molecule has 0 spiro atoms. The topological polar surface area (TPSA) is 42.4 Å². The summed E-state index contributed by atoms with van der Waals surface area (Å²) in [4.78, 5) is 18.6. The van der Waals surface area contributed by atoms with Gasteiger partial charge in [-0.25, -0.2) is 4.98 Å². The van der Waals surface area contributed by atoms with Gasteiger partial charge in [0, 0.05) is 37.4 Å². The van der Waals surface area contributed by atoms with Gasteiger partial charge < -0.3 is 9.64 Å². The molecule has 23 heavy (non-hydrogen) atoms. The summed E-state index contributed by atoms with van der Waals surface area (Å²) in [5, 5.41) is 0.710. The van der Waals surface area contributed by atoms with Gasteiger partial charge in [0.1, 0.15) is 6.10 Å². The Labute approximate surface area is 150 Å². The molecular weight excluding hydrogens is 376 g/mol. The third kappa shape index (κ3) is 4.86. The van der Waals surface area contributed by atoms with Crippen LogP contribution in [0.4, 0.5) is 0 Å². The summed E-state index contributed by atoms with van der Waals surface area (Å²) in [7, 11) is 0. The van der Waals surface area contributed by atoms with Crippen molar-refractivity contribution in [1.82, 2.24) is 9.88 Å². The zero-order valence-corrected chi connectivity index (χ0v) is 15.7. The van der Waals surface area contributed by atoms with Crippen molar-refractivity contribution in [3.63, 3.8) is 0 Å². The van der Waals surface area contributed by atoms with Crippen molar-refractivity contribution in [3.05, 3.63) is 22.8 Å². The van der Waals surface area contributed by atoms with Gasteiger partial charge in [-0.1, -0.05) is 12.8 Å². The number of carbonyl (C=O) groups excluding carboxylic acids is 1. The lowest BCUT2D eigenvalue weighted by Crippen LogP contribution is -2.42. The lowest BCUT2D eigenvalue weighted by molar-refractivity contribution is -0.130. The maximum Gasteiger partial charge on any atom is 0.232 e. The number of pyridine rings is 1. The number of aromatic nitrogens is 1. The maximum absolute atomic E-state index is 12.3. The molecule has 0 bridgehead atoms. The predicted molar refractivity (Wildman–Crippen MR) is 96.9 cm³/mol. The molecule has 0 atom stereocenters. The Bertz CT molecular complexity index is 529. The summed E-state index contributed by atoms with van der Waals surface area (Å²) in [5.41, 5.74) is 0. The van der Waals surface area contributed by atoms with Gasteiger partial charge in [0.25, 0.3) is 0 Å². The first kappa shape index (κ1) is 17.1. The number of amides is 1. The molecule has 6 heteroatoms. The third-order valence-electron chi connectivity index (χ3n) is 4.54. The number of halogens is 1. The minimum absolute atomic E-state index is 0.146. The Hall–Kier alpha value is -0.750. The first-order valence-corrected chi connectivity index (χ1v) is 10.2. The molecular formula is C17H23BrN2O2S. The van der Waals surface area contributed by atoms with Crippen LogP contribution < -0.4 is 4.74 Å². The standard InChI is InChI=1S/C17H23BrN2O2S/c18-15-6-3-9-19-17(15)22-13-7-10-20(11-8-13)16(21)12-23-14-4-1-2-5-14/h3,6,9,13-14H,1-2,4-5,7-8,10-12H2. The van der Waals surface area contributed by atoms with Crippen LogP contribution in [0.5, 0.6) is 5.88 Å². The van der Waals surface area contributed by atoms with Crippen LogP contribution in [0, 0.1) is 0 Å². The second-order valence-electron chi connectivity index (χ2n) is 6.21. The summed E-state index contributed by atoms with van der Waals surface area (Å²) >= 11 is 5.31. The fraction of sp³-hybridized carbons (Fsp3) is 0.647. The van der Waals surface area contributed by atoms with E-state index in [1.165, 1.54) is 25.7 Å². The first-order valence-electron chi connectivity index (χ1n) is 8.39. The third-order valence-corrected chi connectivity index (χ3v) is 6.50. The largest absolute Gasteiger partial charge is 0.473 e. The number of hydrogen-bond donors (Lipinski definition) is 0. The van der Waals surface area contributed by atoms with Crippen molar-refractivity contribution in [3.8, 4) is 5.88 Å². The monoisotopic (exact) mass is 398 g/mol. The highest BCUT2D eigenvalue weighted by Crippen LogP contribution is 2.30. The number of ether oxygens (including phenoxy) is 1. The average Bonchev–Trinajstić information content (AvgIpc) is 3.09. The number of hydrogen-bond acceptors (Lipinski definition) is 4. The van der Waals surface area contributed by atoms with Gasteiger partial charge in [-0.15, -0.1) is 11.8 Å². The molecule has 4 nitrogen and oxygen atoms in total. The van der Waals surface area contributed by atoms with Crippen LogP contribution in [0.15, 0.2) is 22.8 Å². The molecule has 0 N–H and O–H groups in total. The molecule has 3 rings (SSSR count). The average molecular weight is 399 g/mol. The van der Waals surface area contributed by atoms with E-state index in [0.29, 0.717) is 22.8 Å². The summed E-state index contributed by atoms with van der Waals surface area (Å²) < 4.78 is 6.84. The van der Waals surface area contributed by atoms with Crippen LogP contribution in [0.1, 0.15) is 38.5 Å². The maximum atomic E-state index is 12.3. The Morgan fingerprint density at radius 2 is 2.04 bits per heavy atom. The highest BCUT2D eigenvalue weighted by atomic mass is 79.9. The fourth-order valence-corrected chi connectivity index (χ4v) is 4.75. The van der Waals surface area contributed by atoms with Gasteiger partial charge in [-0.3, -0.25) is 4.79 Å². The van der Waals surface area contributed by atoms with Crippen molar-refractivity contribution in [2.24, 2.45) is 0 Å². The molecule has 1 amide bonds. The van der Waals surface area contributed by atoms with E-state index in [0.717, 1.165) is 30.4 Å². The number of carbonyl (C=O) groups is 1. The second kappa shape index (κ2) is 8.38. The van der Waals surface area contributed by atoms with Crippen molar-refractivity contribution >= 4 is 33.6 Å². The van der Waals surface area contributed by atoms with E-state index in [-0.39, 0.29) is 6.10 Å². The summed E-state index contributed by atoms with van der Waals surface area (Å²) in [5.74, 6) is 1.58. The summed E-state index contributed by atoms with van der Waals surface area (Å²) in [6.45, 7) is 1.58. The van der Waals surface area contributed by atoms with E-state index in [2.05, 4.69) is 20.9 Å². The molecule has 1 aliphatic heterocycles. The van der Waals surface area contributed by atoms with Crippen LogP contribution >= 0.6 is 27.7 Å². The quantitative estimate of drug-likeness (QED) is 0.754. The van der Waals surface area contributed by atoms with Crippen LogP contribution in [0.25, 0.3) is 0 Å². The SMILES string of the molecule is O=C(CSC1CCCC1)N1CCC(Oc2ncccc2Br)CC1. The van der Waals surface area contributed by atoms with E-state index in [9.17, 15) is 4.79 Å². The van der Waals surface area contributed by atoms with E-state index < -0.39 is 0 Å². The van der Waals surface area contributed by atoms with Crippen molar-refractivity contribution in [1.29, 1.82) is 0 Å². The van der Waals surface area contributed by atoms with Gasteiger partial charge >= 0.3 is 0 Å².